The minimum atomic E-state index is -0.386. The van der Waals surface area contributed by atoms with Crippen molar-refractivity contribution in [2.24, 2.45) is 0 Å². The van der Waals surface area contributed by atoms with E-state index in [4.69, 9.17) is 19.9 Å². The maximum absolute atomic E-state index is 5.08. The molecule has 8 aromatic rings. The lowest BCUT2D eigenvalue weighted by molar-refractivity contribution is 0.794. The highest BCUT2D eigenvalue weighted by Crippen LogP contribution is 2.62. The van der Waals surface area contributed by atoms with Crippen LogP contribution in [0, 0.1) is 0 Å². The van der Waals surface area contributed by atoms with Gasteiger partial charge in [0.1, 0.15) is 0 Å². The van der Waals surface area contributed by atoms with Crippen molar-refractivity contribution in [3.8, 4) is 67.7 Å². The fourth-order valence-corrected chi connectivity index (χ4v) is 7.89. The van der Waals surface area contributed by atoms with Gasteiger partial charge in [-0.15, -0.1) is 0 Å². The molecule has 0 saturated carbocycles. The van der Waals surface area contributed by atoms with Gasteiger partial charge < -0.3 is 0 Å². The first-order valence-corrected chi connectivity index (χ1v) is 16.6. The molecule has 6 aromatic carbocycles. The lowest BCUT2D eigenvalue weighted by atomic mass is 9.70. The molecule has 0 atom stereocenters. The molecule has 0 N–H and O–H groups in total. The summed E-state index contributed by atoms with van der Waals surface area (Å²) >= 11 is 0. The normalized spacial score (nSPS) is 13.1. The van der Waals surface area contributed by atoms with Crippen LogP contribution in [0.2, 0.25) is 0 Å². The van der Waals surface area contributed by atoms with E-state index in [0.717, 1.165) is 27.9 Å². The van der Waals surface area contributed by atoms with E-state index in [-0.39, 0.29) is 5.41 Å². The van der Waals surface area contributed by atoms with Gasteiger partial charge in [-0.3, -0.25) is 4.98 Å². The van der Waals surface area contributed by atoms with Gasteiger partial charge in [0, 0.05) is 28.5 Å². The number of pyridine rings is 1. The molecule has 2 aliphatic carbocycles. The van der Waals surface area contributed by atoms with Crippen molar-refractivity contribution in [2.45, 2.75) is 5.41 Å². The third kappa shape index (κ3) is 4.11. The van der Waals surface area contributed by atoms with Crippen LogP contribution in [0.25, 0.3) is 67.7 Å². The maximum atomic E-state index is 5.08. The number of benzene rings is 6. The molecule has 0 amide bonds. The smallest absolute Gasteiger partial charge is 0.165 e. The minimum Gasteiger partial charge on any atom is -0.255 e. The van der Waals surface area contributed by atoms with Gasteiger partial charge in [0.05, 0.1) is 11.1 Å². The molecule has 4 heteroatoms. The third-order valence-electron chi connectivity index (χ3n) is 10.0. The van der Waals surface area contributed by atoms with Crippen LogP contribution >= 0.6 is 0 Å². The minimum absolute atomic E-state index is 0.386. The molecule has 0 fully saturated rings. The Kier molecular flexibility index (Phi) is 6.06. The lowest BCUT2D eigenvalue weighted by Gasteiger charge is -2.30. The van der Waals surface area contributed by atoms with Crippen molar-refractivity contribution in [3.05, 3.63) is 192 Å². The summed E-state index contributed by atoms with van der Waals surface area (Å²) in [4.78, 5) is 19.9. The molecule has 10 rings (SSSR count). The fraction of sp³-hybridized carbons (Fsp3) is 0.0222. The van der Waals surface area contributed by atoms with Crippen LogP contribution in [0.3, 0.4) is 0 Å². The highest BCUT2D eigenvalue weighted by molar-refractivity contribution is 5.95. The zero-order valence-corrected chi connectivity index (χ0v) is 26.5. The van der Waals surface area contributed by atoms with E-state index in [1.807, 2.05) is 66.9 Å². The van der Waals surface area contributed by atoms with Crippen LogP contribution in [-0.4, -0.2) is 19.9 Å². The van der Waals surface area contributed by atoms with Crippen LogP contribution in [0.15, 0.2) is 170 Å². The Balaban J connectivity index is 1.16. The fourth-order valence-electron chi connectivity index (χ4n) is 7.89. The maximum Gasteiger partial charge on any atom is 0.165 e. The highest BCUT2D eigenvalue weighted by Gasteiger charge is 2.51. The second kappa shape index (κ2) is 10.8. The average molecular weight is 625 g/mol. The Bertz CT molecular complexity index is 2490. The monoisotopic (exact) mass is 624 g/mol. The topological polar surface area (TPSA) is 51.6 Å². The van der Waals surface area contributed by atoms with E-state index < -0.39 is 0 Å². The summed E-state index contributed by atoms with van der Waals surface area (Å²) in [5.74, 6) is 1.85. The van der Waals surface area contributed by atoms with Crippen LogP contribution in [0.4, 0.5) is 0 Å². The Hall–Kier alpha value is -6.52. The van der Waals surface area contributed by atoms with Crippen LogP contribution in [0.5, 0.6) is 0 Å². The Morgan fingerprint density at radius 2 is 0.776 bits per heavy atom. The molecule has 0 bridgehead atoms. The number of aromatic nitrogens is 4. The zero-order chi connectivity index (χ0) is 32.4. The van der Waals surface area contributed by atoms with E-state index in [1.165, 1.54) is 44.5 Å². The molecule has 0 unspecified atom stereocenters. The number of rotatable bonds is 4. The predicted octanol–water partition coefficient (Wildman–Crippen LogP) is 10.3. The molecule has 49 heavy (non-hydrogen) atoms. The summed E-state index contributed by atoms with van der Waals surface area (Å²) in [5, 5.41) is 0. The lowest BCUT2D eigenvalue weighted by Crippen LogP contribution is -2.25. The van der Waals surface area contributed by atoms with Gasteiger partial charge in [0.2, 0.25) is 0 Å². The Morgan fingerprint density at radius 3 is 1.35 bits per heavy atom. The SMILES string of the molecule is c1ccc(-c2ccc(-c3nc(-c4ccccc4)nc(-c4ccc5c(c4)-c4ccccc4C54c5ccccc5-c5ccccc54)n3)cn2)cc1. The number of hydrogen-bond donors (Lipinski definition) is 0. The second-order valence-electron chi connectivity index (χ2n) is 12.6. The van der Waals surface area contributed by atoms with E-state index in [9.17, 15) is 0 Å². The second-order valence-corrected chi connectivity index (χ2v) is 12.6. The first kappa shape index (κ1) is 27.6. The van der Waals surface area contributed by atoms with Crippen molar-refractivity contribution in [1.82, 2.24) is 19.9 Å². The van der Waals surface area contributed by atoms with E-state index >= 15 is 0 Å². The Morgan fingerprint density at radius 1 is 0.327 bits per heavy atom. The molecular weight excluding hydrogens is 597 g/mol. The van der Waals surface area contributed by atoms with Crippen LogP contribution < -0.4 is 0 Å². The first-order chi connectivity index (χ1) is 24.3. The average Bonchev–Trinajstić information content (AvgIpc) is 3.65. The molecule has 228 valence electrons. The number of nitrogens with zero attached hydrogens (tertiary/aromatic N) is 4. The van der Waals surface area contributed by atoms with Gasteiger partial charge in [-0.1, -0.05) is 146 Å². The summed E-state index contributed by atoms with van der Waals surface area (Å²) in [5.41, 5.74) is 14.6. The highest BCUT2D eigenvalue weighted by atomic mass is 15.0. The largest absolute Gasteiger partial charge is 0.255 e. The van der Waals surface area contributed by atoms with Gasteiger partial charge in [-0.2, -0.15) is 0 Å². The van der Waals surface area contributed by atoms with Crippen LogP contribution in [0.1, 0.15) is 22.3 Å². The molecule has 1 spiro atoms. The van der Waals surface area contributed by atoms with Crippen LogP contribution in [-0.2, 0) is 5.41 Å². The van der Waals surface area contributed by atoms with Gasteiger partial charge in [-0.25, -0.2) is 15.0 Å². The van der Waals surface area contributed by atoms with Gasteiger partial charge in [0.15, 0.2) is 17.5 Å². The van der Waals surface area contributed by atoms with Crippen molar-refractivity contribution in [1.29, 1.82) is 0 Å². The van der Waals surface area contributed by atoms with Gasteiger partial charge in [-0.05, 0) is 62.7 Å². The molecular formula is C45H28N4. The Labute approximate surface area is 284 Å². The molecule has 4 nitrogen and oxygen atoms in total. The summed E-state index contributed by atoms with van der Waals surface area (Å²) in [6.45, 7) is 0. The zero-order valence-electron chi connectivity index (χ0n) is 26.5. The van der Waals surface area contributed by atoms with E-state index in [1.54, 1.807) is 0 Å². The van der Waals surface area contributed by atoms with Crippen molar-refractivity contribution in [3.63, 3.8) is 0 Å². The number of hydrogen-bond acceptors (Lipinski definition) is 4. The van der Waals surface area contributed by atoms with E-state index in [0.29, 0.717) is 17.5 Å². The van der Waals surface area contributed by atoms with Crippen molar-refractivity contribution >= 4 is 0 Å². The molecule has 2 aromatic heterocycles. The summed E-state index contributed by atoms with van der Waals surface area (Å²) in [6, 6.07) is 57.7. The van der Waals surface area contributed by atoms with Gasteiger partial charge >= 0.3 is 0 Å². The quantitative estimate of drug-likeness (QED) is 0.196. The molecule has 2 heterocycles. The molecule has 0 radical (unpaired) electrons. The summed E-state index contributed by atoms with van der Waals surface area (Å²) < 4.78 is 0. The molecule has 2 aliphatic rings. The standard InChI is InChI=1S/C45H28N4/c1-3-13-29(14-4-1)41-26-24-32(28-46-41)44-48-42(30-15-5-2-6-16-30)47-43(49-44)31-23-25-40-36(27-31)35-19-9-12-22-39(35)45(40)37-20-10-7-17-33(37)34-18-8-11-21-38(34)45/h1-28H. The van der Waals surface area contributed by atoms with Gasteiger partial charge in [0.25, 0.3) is 0 Å². The number of fused-ring (bicyclic) bond motifs is 10. The van der Waals surface area contributed by atoms with Crippen molar-refractivity contribution in [2.75, 3.05) is 0 Å². The first-order valence-electron chi connectivity index (χ1n) is 16.6. The summed E-state index contributed by atoms with van der Waals surface area (Å²) in [6.07, 6.45) is 1.86. The van der Waals surface area contributed by atoms with E-state index in [2.05, 4.69) is 103 Å². The third-order valence-corrected chi connectivity index (χ3v) is 10.0. The molecule has 0 aliphatic heterocycles. The van der Waals surface area contributed by atoms with Crippen molar-refractivity contribution < 1.29 is 0 Å². The molecule has 0 saturated heterocycles. The predicted molar refractivity (Wildman–Crippen MR) is 196 cm³/mol. The summed E-state index contributed by atoms with van der Waals surface area (Å²) in [7, 11) is 0.